The fourth-order valence-electron chi connectivity index (χ4n) is 11.0. The van der Waals surface area contributed by atoms with Crippen molar-refractivity contribution in [2.75, 3.05) is 7.11 Å². The minimum Gasteiger partial charge on any atom is -0.496 e. The minimum atomic E-state index is 0.610. The van der Waals surface area contributed by atoms with E-state index >= 15 is 0 Å². The van der Waals surface area contributed by atoms with E-state index in [0.717, 1.165) is 41.4 Å². The molecule has 0 spiro atoms. The predicted octanol–water partition coefficient (Wildman–Crippen LogP) is 7.27. The average molecular weight is 397 g/mol. The van der Waals surface area contributed by atoms with Crippen LogP contribution in [0.4, 0.5) is 0 Å². The lowest BCUT2D eigenvalue weighted by Crippen LogP contribution is -2.57. The van der Waals surface area contributed by atoms with Gasteiger partial charge in [-0.2, -0.15) is 0 Å². The first-order chi connectivity index (χ1) is 13.6. The first-order valence-electron chi connectivity index (χ1n) is 12.3. The van der Waals surface area contributed by atoms with E-state index in [1.807, 2.05) is 7.11 Å². The van der Waals surface area contributed by atoms with Crippen molar-refractivity contribution in [2.24, 2.45) is 46.3 Å². The molecule has 8 aliphatic carbocycles. The Morgan fingerprint density at radius 1 is 0.750 bits per heavy atom. The van der Waals surface area contributed by atoms with Gasteiger partial charge in [-0.25, -0.2) is 0 Å². The maximum absolute atomic E-state index is 6.00. The molecule has 0 amide bonds. The van der Waals surface area contributed by atoms with Gasteiger partial charge in [0.2, 0.25) is 0 Å². The summed E-state index contributed by atoms with van der Waals surface area (Å²) < 4.78 is 6.00. The van der Waals surface area contributed by atoms with Gasteiger partial charge in [0, 0.05) is 5.92 Å². The Morgan fingerprint density at radius 3 is 1.50 bits per heavy atom. The smallest absolute Gasteiger partial charge is 0.133 e. The van der Waals surface area contributed by atoms with Gasteiger partial charge in [0.1, 0.15) is 5.75 Å². The maximum Gasteiger partial charge on any atom is 0.133 e. The van der Waals surface area contributed by atoms with Gasteiger partial charge in [-0.05, 0) is 135 Å². The Bertz CT molecular complexity index is 661. The molecule has 0 atom stereocenters. The van der Waals surface area contributed by atoms with E-state index in [1.165, 1.54) is 5.75 Å². The molecule has 8 aliphatic rings. The lowest BCUT2D eigenvalue weighted by molar-refractivity contribution is -0.143. The van der Waals surface area contributed by atoms with Crippen LogP contribution in [0.25, 0.3) is 0 Å². The Kier molecular flexibility index (Phi) is 3.57. The summed E-state index contributed by atoms with van der Waals surface area (Å²) in [4.78, 5) is 1.67. The Hall–Kier alpha value is -0.500. The summed E-state index contributed by atoms with van der Waals surface area (Å²) >= 11 is 2.06. The van der Waals surface area contributed by atoms with Crippen molar-refractivity contribution < 1.29 is 4.74 Å². The van der Waals surface area contributed by atoms with Gasteiger partial charge in [-0.3, -0.25) is 0 Å². The molecule has 2 heteroatoms. The highest BCUT2D eigenvalue weighted by molar-refractivity contribution is 7.10. The number of methoxy groups -OCH3 is 1. The topological polar surface area (TPSA) is 9.23 Å². The number of hydrogen-bond acceptors (Lipinski definition) is 2. The second-order valence-corrected chi connectivity index (χ2v) is 13.3. The van der Waals surface area contributed by atoms with Gasteiger partial charge in [0.15, 0.2) is 0 Å². The molecule has 9 rings (SSSR count). The molecular formula is C26H36OS. The van der Waals surface area contributed by atoms with E-state index in [-0.39, 0.29) is 0 Å². The molecule has 8 bridgehead atoms. The summed E-state index contributed by atoms with van der Waals surface area (Å²) in [6.45, 7) is 0. The van der Waals surface area contributed by atoms with Crippen molar-refractivity contribution in [3.63, 3.8) is 0 Å². The van der Waals surface area contributed by atoms with Crippen molar-refractivity contribution in [1.29, 1.82) is 0 Å². The normalized spacial score (nSPS) is 51.6. The summed E-state index contributed by atoms with van der Waals surface area (Å²) in [5.74, 6) is 8.34. The van der Waals surface area contributed by atoms with Crippen LogP contribution in [0.15, 0.2) is 11.4 Å². The summed E-state index contributed by atoms with van der Waals surface area (Å²) in [7, 11) is 1.92. The minimum absolute atomic E-state index is 0.610. The summed E-state index contributed by atoms with van der Waals surface area (Å²) in [5.41, 5.74) is 1.22. The van der Waals surface area contributed by atoms with E-state index in [0.29, 0.717) is 10.8 Å². The summed E-state index contributed by atoms with van der Waals surface area (Å²) in [6, 6.07) is 2.29. The van der Waals surface area contributed by atoms with E-state index in [9.17, 15) is 0 Å². The first kappa shape index (κ1) is 17.2. The van der Waals surface area contributed by atoms with E-state index in [4.69, 9.17) is 4.74 Å². The Balaban J connectivity index is 1.38. The molecule has 1 aromatic heterocycles. The lowest BCUT2D eigenvalue weighted by atomic mass is 9.38. The Labute approximate surface area is 174 Å². The number of rotatable bonds is 4. The number of hydrogen-bond donors (Lipinski definition) is 0. The van der Waals surface area contributed by atoms with E-state index < -0.39 is 0 Å². The molecular weight excluding hydrogens is 360 g/mol. The second-order valence-electron chi connectivity index (χ2n) is 12.3. The molecule has 152 valence electrons. The molecule has 0 saturated heterocycles. The highest BCUT2D eigenvalue weighted by Gasteiger charge is 2.63. The van der Waals surface area contributed by atoms with Gasteiger partial charge >= 0.3 is 0 Å². The Morgan fingerprint density at radius 2 is 1.14 bits per heavy atom. The fourth-order valence-corrected chi connectivity index (χ4v) is 12.2. The van der Waals surface area contributed by atoms with Crippen LogP contribution < -0.4 is 4.74 Å². The molecule has 0 radical (unpaired) electrons. The largest absolute Gasteiger partial charge is 0.496 e. The highest BCUT2D eigenvalue weighted by atomic mass is 32.1. The standard InChI is InChI=1S/C26H36OS/c1-27-22-2-3-28-23(22)24(25-10-16-4-17(11-25)6-18(5-16)12-25)26-13-19-7-20(14-26)9-21(8-19)15-26/h2-3,16-21,24H,4-15H2,1H3. The molecule has 0 aliphatic heterocycles. The van der Waals surface area contributed by atoms with Crippen molar-refractivity contribution in [2.45, 2.75) is 83.0 Å². The average Bonchev–Trinajstić information content (AvgIpc) is 3.06. The molecule has 0 unspecified atom stereocenters. The van der Waals surface area contributed by atoms with Crippen LogP contribution in [0.3, 0.4) is 0 Å². The summed E-state index contributed by atoms with van der Waals surface area (Å²) in [6.07, 6.45) is 18.7. The van der Waals surface area contributed by atoms with Crippen LogP contribution in [-0.4, -0.2) is 7.11 Å². The van der Waals surface area contributed by atoms with Crippen molar-refractivity contribution in [3.05, 3.63) is 16.3 Å². The van der Waals surface area contributed by atoms with Gasteiger partial charge in [0.05, 0.1) is 12.0 Å². The quantitative estimate of drug-likeness (QED) is 0.520. The fraction of sp³-hybridized carbons (Fsp3) is 0.846. The molecule has 8 saturated carbocycles. The van der Waals surface area contributed by atoms with E-state index in [1.54, 1.807) is 81.9 Å². The van der Waals surface area contributed by atoms with Gasteiger partial charge < -0.3 is 4.74 Å². The third-order valence-electron chi connectivity index (χ3n) is 10.5. The van der Waals surface area contributed by atoms with Crippen LogP contribution in [0, 0.1) is 46.3 Å². The molecule has 8 fully saturated rings. The van der Waals surface area contributed by atoms with Crippen molar-refractivity contribution in [3.8, 4) is 5.75 Å². The van der Waals surface area contributed by atoms with Crippen LogP contribution in [0.2, 0.25) is 0 Å². The second kappa shape index (κ2) is 5.80. The van der Waals surface area contributed by atoms with Crippen LogP contribution >= 0.6 is 11.3 Å². The SMILES string of the molecule is COc1ccsc1C(C12CC3CC(CC(C3)C1)C2)C12CC3CC(CC(C3)C1)C2. The molecule has 0 N–H and O–H groups in total. The molecule has 1 aromatic rings. The van der Waals surface area contributed by atoms with Crippen LogP contribution in [-0.2, 0) is 0 Å². The number of thiophene rings is 1. The molecule has 1 nitrogen and oxygen atoms in total. The van der Waals surface area contributed by atoms with Gasteiger partial charge in [-0.15, -0.1) is 11.3 Å². The maximum atomic E-state index is 6.00. The summed E-state index contributed by atoms with van der Waals surface area (Å²) in [5, 5.41) is 2.34. The molecule has 1 heterocycles. The third-order valence-corrected chi connectivity index (χ3v) is 11.5. The zero-order valence-corrected chi connectivity index (χ0v) is 18.3. The van der Waals surface area contributed by atoms with Crippen LogP contribution in [0.5, 0.6) is 5.75 Å². The van der Waals surface area contributed by atoms with Crippen LogP contribution in [0.1, 0.15) is 87.8 Å². The highest BCUT2D eigenvalue weighted by Crippen LogP contribution is 2.74. The predicted molar refractivity (Wildman–Crippen MR) is 115 cm³/mol. The monoisotopic (exact) mass is 396 g/mol. The number of ether oxygens (including phenoxy) is 1. The van der Waals surface area contributed by atoms with Crippen molar-refractivity contribution >= 4 is 11.3 Å². The van der Waals surface area contributed by atoms with Gasteiger partial charge in [-0.1, -0.05) is 0 Å². The van der Waals surface area contributed by atoms with Crippen molar-refractivity contribution in [1.82, 2.24) is 0 Å². The molecule has 0 aromatic carbocycles. The first-order valence-corrected chi connectivity index (χ1v) is 13.1. The zero-order chi connectivity index (χ0) is 18.5. The van der Waals surface area contributed by atoms with Gasteiger partial charge in [0.25, 0.3) is 0 Å². The third kappa shape index (κ3) is 2.30. The lowest BCUT2D eigenvalue weighted by Gasteiger charge is -2.67. The zero-order valence-electron chi connectivity index (χ0n) is 17.5. The van der Waals surface area contributed by atoms with E-state index in [2.05, 4.69) is 22.8 Å². The molecule has 28 heavy (non-hydrogen) atoms.